The summed E-state index contributed by atoms with van der Waals surface area (Å²) in [5.74, 6) is 1.37. The SMILES string of the molecule is COc1cc2c(cc1OC)CC(=O)N(CC(=O)NCCOc1ccc(Cl)cc1)C=C2. The van der Waals surface area contributed by atoms with E-state index in [-0.39, 0.29) is 24.8 Å². The first-order valence-corrected chi connectivity index (χ1v) is 9.75. The fraction of sp³-hybridized carbons (Fsp3) is 0.273. The van der Waals surface area contributed by atoms with Crippen molar-refractivity contribution in [3.63, 3.8) is 0 Å². The monoisotopic (exact) mass is 430 g/mol. The minimum atomic E-state index is -0.270. The van der Waals surface area contributed by atoms with Crippen molar-refractivity contribution in [3.05, 3.63) is 58.7 Å². The summed E-state index contributed by atoms with van der Waals surface area (Å²) in [6.45, 7) is 0.558. The van der Waals surface area contributed by atoms with Gasteiger partial charge in [0.2, 0.25) is 11.8 Å². The highest BCUT2D eigenvalue weighted by Gasteiger charge is 2.21. The average Bonchev–Trinajstić information content (AvgIpc) is 2.89. The fourth-order valence-electron chi connectivity index (χ4n) is 3.00. The molecule has 2 aromatic carbocycles. The predicted molar refractivity (Wildman–Crippen MR) is 114 cm³/mol. The predicted octanol–water partition coefficient (Wildman–Crippen LogP) is 2.91. The summed E-state index contributed by atoms with van der Waals surface area (Å²) in [6.07, 6.45) is 3.57. The number of ether oxygens (including phenoxy) is 3. The minimum Gasteiger partial charge on any atom is -0.493 e. The highest BCUT2D eigenvalue weighted by atomic mass is 35.5. The molecule has 8 heteroatoms. The number of benzene rings is 2. The van der Waals surface area contributed by atoms with Crippen LogP contribution in [0.2, 0.25) is 5.02 Å². The fourth-order valence-corrected chi connectivity index (χ4v) is 3.13. The van der Waals surface area contributed by atoms with Gasteiger partial charge in [-0.05, 0) is 53.6 Å². The van der Waals surface area contributed by atoms with Gasteiger partial charge in [0.25, 0.3) is 0 Å². The van der Waals surface area contributed by atoms with E-state index in [2.05, 4.69) is 5.32 Å². The second kappa shape index (κ2) is 10.0. The summed E-state index contributed by atoms with van der Waals surface area (Å²) in [7, 11) is 3.11. The van der Waals surface area contributed by atoms with E-state index < -0.39 is 0 Å². The van der Waals surface area contributed by atoms with Crippen molar-refractivity contribution >= 4 is 29.5 Å². The van der Waals surface area contributed by atoms with Gasteiger partial charge in [0, 0.05) is 11.2 Å². The summed E-state index contributed by atoms with van der Waals surface area (Å²) in [6, 6.07) is 10.6. The Morgan fingerprint density at radius 1 is 1.13 bits per heavy atom. The summed E-state index contributed by atoms with van der Waals surface area (Å²) < 4.78 is 16.2. The summed E-state index contributed by atoms with van der Waals surface area (Å²) in [5.41, 5.74) is 1.66. The maximum atomic E-state index is 12.6. The van der Waals surface area contributed by atoms with Gasteiger partial charge >= 0.3 is 0 Å². The number of carbonyl (C=O) groups is 2. The van der Waals surface area contributed by atoms with Crippen molar-refractivity contribution in [1.29, 1.82) is 0 Å². The first kappa shape index (κ1) is 21.5. The Kier molecular flexibility index (Phi) is 7.19. The van der Waals surface area contributed by atoms with E-state index in [9.17, 15) is 9.59 Å². The van der Waals surface area contributed by atoms with Crippen molar-refractivity contribution in [3.8, 4) is 17.2 Å². The van der Waals surface area contributed by atoms with E-state index >= 15 is 0 Å². The largest absolute Gasteiger partial charge is 0.493 e. The topological polar surface area (TPSA) is 77.1 Å². The van der Waals surface area contributed by atoms with E-state index in [1.165, 1.54) is 4.90 Å². The molecule has 1 N–H and O–H groups in total. The highest BCUT2D eigenvalue weighted by molar-refractivity contribution is 6.30. The van der Waals surface area contributed by atoms with Crippen LogP contribution in [0.25, 0.3) is 6.08 Å². The summed E-state index contributed by atoms with van der Waals surface area (Å²) in [5, 5.41) is 3.38. The lowest BCUT2D eigenvalue weighted by molar-refractivity contribution is -0.132. The molecule has 0 radical (unpaired) electrons. The van der Waals surface area contributed by atoms with Gasteiger partial charge in [0.05, 0.1) is 27.2 Å². The van der Waals surface area contributed by atoms with Crippen LogP contribution in [0.4, 0.5) is 0 Å². The van der Waals surface area contributed by atoms with Gasteiger partial charge in [-0.2, -0.15) is 0 Å². The molecule has 30 heavy (non-hydrogen) atoms. The number of nitrogens with zero attached hydrogens (tertiary/aromatic N) is 1. The van der Waals surface area contributed by atoms with Crippen LogP contribution in [0.1, 0.15) is 11.1 Å². The molecule has 7 nitrogen and oxygen atoms in total. The van der Waals surface area contributed by atoms with Crippen LogP contribution < -0.4 is 19.5 Å². The molecule has 0 bridgehead atoms. The van der Waals surface area contributed by atoms with Crippen molar-refractivity contribution in [2.75, 3.05) is 33.9 Å². The van der Waals surface area contributed by atoms with Crippen LogP contribution in [0.5, 0.6) is 17.2 Å². The van der Waals surface area contributed by atoms with Crippen LogP contribution in [0.3, 0.4) is 0 Å². The molecule has 2 aromatic rings. The lowest BCUT2D eigenvalue weighted by Crippen LogP contribution is -2.39. The molecule has 1 aliphatic heterocycles. The lowest BCUT2D eigenvalue weighted by atomic mass is 10.0. The van der Waals surface area contributed by atoms with Gasteiger partial charge < -0.3 is 24.4 Å². The zero-order valence-corrected chi connectivity index (χ0v) is 17.6. The smallest absolute Gasteiger partial charge is 0.240 e. The molecule has 0 unspecified atom stereocenters. The molecule has 0 atom stereocenters. The molecule has 0 spiro atoms. The quantitative estimate of drug-likeness (QED) is 0.651. The molecule has 0 saturated heterocycles. The Morgan fingerprint density at radius 2 is 1.83 bits per heavy atom. The normalized spacial score (nSPS) is 12.8. The van der Waals surface area contributed by atoms with Crippen molar-refractivity contribution in [2.24, 2.45) is 0 Å². The Balaban J connectivity index is 1.53. The van der Waals surface area contributed by atoms with Gasteiger partial charge in [-0.15, -0.1) is 0 Å². The lowest BCUT2D eigenvalue weighted by Gasteiger charge is -2.17. The molecule has 1 aliphatic rings. The van der Waals surface area contributed by atoms with Gasteiger partial charge in [0.15, 0.2) is 11.5 Å². The van der Waals surface area contributed by atoms with Crippen LogP contribution >= 0.6 is 11.6 Å². The zero-order valence-electron chi connectivity index (χ0n) is 16.8. The third-order valence-electron chi connectivity index (χ3n) is 4.56. The third kappa shape index (κ3) is 5.45. The van der Waals surface area contributed by atoms with Gasteiger partial charge in [-0.3, -0.25) is 9.59 Å². The number of fused-ring (bicyclic) bond motifs is 1. The number of hydrogen-bond donors (Lipinski definition) is 1. The second-order valence-corrected chi connectivity index (χ2v) is 7.01. The van der Waals surface area contributed by atoms with Gasteiger partial charge in [0.1, 0.15) is 18.9 Å². The van der Waals surface area contributed by atoms with Crippen molar-refractivity contribution < 1.29 is 23.8 Å². The Labute approximate surface area is 180 Å². The average molecular weight is 431 g/mol. The summed E-state index contributed by atoms with van der Waals surface area (Å²) >= 11 is 5.83. The van der Waals surface area contributed by atoms with Crippen LogP contribution in [-0.4, -0.2) is 50.6 Å². The minimum absolute atomic E-state index is 0.0709. The standard InChI is InChI=1S/C22H23ClN2O5/c1-28-19-11-15-7-9-25(22(27)13-16(15)12-20(19)29-2)14-21(26)24-8-10-30-18-5-3-17(23)4-6-18/h3-7,9,11-12H,8,10,13-14H2,1-2H3,(H,24,26). The number of amides is 2. The first-order valence-electron chi connectivity index (χ1n) is 9.38. The maximum Gasteiger partial charge on any atom is 0.240 e. The Bertz CT molecular complexity index is 943. The van der Waals surface area contributed by atoms with Gasteiger partial charge in [-0.25, -0.2) is 0 Å². The number of hydrogen-bond acceptors (Lipinski definition) is 5. The number of carbonyl (C=O) groups excluding carboxylic acids is 2. The molecule has 0 saturated carbocycles. The number of nitrogens with one attached hydrogen (secondary N) is 1. The number of methoxy groups -OCH3 is 2. The molecule has 0 fully saturated rings. The van der Waals surface area contributed by atoms with E-state index in [4.69, 9.17) is 25.8 Å². The molecule has 1 heterocycles. The summed E-state index contributed by atoms with van der Waals surface area (Å²) in [4.78, 5) is 26.2. The van der Waals surface area contributed by atoms with Crippen LogP contribution in [0.15, 0.2) is 42.6 Å². The van der Waals surface area contributed by atoms with E-state index in [1.54, 1.807) is 56.8 Å². The Hall–Kier alpha value is -3.19. The third-order valence-corrected chi connectivity index (χ3v) is 4.81. The van der Waals surface area contributed by atoms with Crippen LogP contribution in [0, 0.1) is 0 Å². The zero-order chi connectivity index (χ0) is 21.5. The molecule has 0 aliphatic carbocycles. The number of halogens is 1. The van der Waals surface area contributed by atoms with Crippen LogP contribution in [-0.2, 0) is 16.0 Å². The molecular weight excluding hydrogens is 408 g/mol. The molecular formula is C22H23ClN2O5. The first-order chi connectivity index (χ1) is 14.5. The molecule has 0 aromatic heterocycles. The highest BCUT2D eigenvalue weighted by Crippen LogP contribution is 2.32. The van der Waals surface area contributed by atoms with Crippen molar-refractivity contribution in [1.82, 2.24) is 10.2 Å². The molecule has 3 rings (SSSR count). The maximum absolute atomic E-state index is 12.6. The van der Waals surface area contributed by atoms with Gasteiger partial charge in [-0.1, -0.05) is 11.6 Å². The van der Waals surface area contributed by atoms with E-state index in [0.717, 1.165) is 11.1 Å². The molecule has 2 amide bonds. The number of rotatable bonds is 8. The Morgan fingerprint density at radius 3 is 2.53 bits per heavy atom. The van der Waals surface area contributed by atoms with E-state index in [1.807, 2.05) is 6.07 Å². The second-order valence-electron chi connectivity index (χ2n) is 6.57. The van der Waals surface area contributed by atoms with E-state index in [0.29, 0.717) is 35.4 Å². The van der Waals surface area contributed by atoms with Crippen molar-refractivity contribution in [2.45, 2.75) is 6.42 Å². The molecule has 158 valence electrons.